The van der Waals surface area contributed by atoms with Crippen LogP contribution in [0.15, 0.2) is 24.3 Å². The molecule has 0 radical (unpaired) electrons. The number of carbonyl (C=O) groups excluding carboxylic acids is 2. The molecular weight excluding hydrogens is 628 g/mol. The van der Waals surface area contributed by atoms with Crippen LogP contribution in [-0.4, -0.2) is 47.8 Å². The Morgan fingerprint density at radius 3 is 2.50 bits per heavy atom. The van der Waals surface area contributed by atoms with Crippen LogP contribution < -0.4 is 20.5 Å². The predicted molar refractivity (Wildman–Crippen MR) is 183 cm³/mol. The van der Waals surface area contributed by atoms with E-state index >= 15 is 0 Å². The molecule has 248 valence electrons. The molecule has 1 fully saturated rings. The number of ether oxygens (including phenoxy) is 3. The molecule has 1 atom stereocenters. The minimum Gasteiger partial charge on any atom is -0.496 e. The van der Waals surface area contributed by atoms with Crippen molar-refractivity contribution in [2.45, 2.75) is 78.4 Å². The van der Waals surface area contributed by atoms with E-state index in [4.69, 9.17) is 36.5 Å². The summed E-state index contributed by atoms with van der Waals surface area (Å²) < 4.78 is 16.5. The maximum absolute atomic E-state index is 13.9. The summed E-state index contributed by atoms with van der Waals surface area (Å²) in [6.07, 6.45) is 7.49. The van der Waals surface area contributed by atoms with Crippen molar-refractivity contribution in [3.8, 4) is 22.8 Å². The van der Waals surface area contributed by atoms with E-state index in [9.17, 15) is 9.59 Å². The van der Waals surface area contributed by atoms with Crippen LogP contribution in [0.4, 0.5) is 5.13 Å². The number of esters is 1. The molecule has 10 nitrogen and oxygen atoms in total. The summed E-state index contributed by atoms with van der Waals surface area (Å²) in [6.45, 7) is 5.30. The zero-order valence-electron chi connectivity index (χ0n) is 27.0. The van der Waals surface area contributed by atoms with Gasteiger partial charge in [0.2, 0.25) is 0 Å². The van der Waals surface area contributed by atoms with Crippen molar-refractivity contribution in [1.29, 1.82) is 0 Å². The monoisotopic (exact) mass is 670 g/mol. The number of aromatic nitrogens is 2. The van der Waals surface area contributed by atoms with E-state index < -0.39 is 12.2 Å². The van der Waals surface area contributed by atoms with Gasteiger partial charge in [-0.15, -0.1) is 11.3 Å². The van der Waals surface area contributed by atoms with Gasteiger partial charge in [0.05, 0.1) is 24.9 Å². The van der Waals surface area contributed by atoms with Crippen molar-refractivity contribution in [3.63, 3.8) is 0 Å². The first kappa shape index (κ1) is 35.2. The number of nitrogens with two attached hydrogens (primary N) is 1. The number of methoxy groups -OCH3 is 2. The van der Waals surface area contributed by atoms with Gasteiger partial charge in [0.1, 0.15) is 17.2 Å². The van der Waals surface area contributed by atoms with Crippen molar-refractivity contribution in [2.24, 2.45) is 11.7 Å². The van der Waals surface area contributed by atoms with E-state index in [1.165, 1.54) is 50.4 Å². The van der Waals surface area contributed by atoms with E-state index in [1.54, 1.807) is 20.3 Å². The van der Waals surface area contributed by atoms with Crippen LogP contribution >= 0.6 is 22.9 Å². The topological polar surface area (TPSA) is 160 Å². The Bertz CT molecular complexity index is 1710. The minimum atomic E-state index is -0.904. The van der Waals surface area contributed by atoms with Gasteiger partial charge in [0.15, 0.2) is 11.4 Å². The van der Waals surface area contributed by atoms with Crippen LogP contribution in [0.25, 0.3) is 22.2 Å². The van der Waals surface area contributed by atoms with Gasteiger partial charge >= 0.3 is 5.97 Å². The Morgan fingerprint density at radius 1 is 1.11 bits per heavy atom. The molecule has 0 spiro atoms. The molecule has 1 aliphatic rings. The van der Waals surface area contributed by atoms with E-state index in [1.807, 2.05) is 26.0 Å². The van der Waals surface area contributed by atoms with Crippen molar-refractivity contribution in [2.75, 3.05) is 19.5 Å². The third-order valence-corrected chi connectivity index (χ3v) is 9.78. The number of H-pyrrole nitrogens is 1. The zero-order chi connectivity index (χ0) is 32.2. The molecular formula is C34H43ClN4O6S. The molecule has 2 aromatic carbocycles. The molecule has 0 saturated heterocycles. The number of nitrogens with one attached hydrogen (secondary N) is 2. The lowest BCUT2D eigenvalue weighted by Crippen LogP contribution is -2.29. The summed E-state index contributed by atoms with van der Waals surface area (Å²) in [5, 5.41) is 4.81. The van der Waals surface area contributed by atoms with Gasteiger partial charge in [-0.3, -0.25) is 20.6 Å². The number of hydrogen-bond acceptors (Lipinski definition) is 8. The quantitative estimate of drug-likeness (QED) is 0.115. The number of anilines is 1. The molecule has 2 heterocycles. The Hall–Kier alpha value is -3.64. The first-order chi connectivity index (χ1) is 21.6. The van der Waals surface area contributed by atoms with Gasteiger partial charge in [-0.2, -0.15) is 0 Å². The van der Waals surface area contributed by atoms with Crippen molar-refractivity contribution >= 4 is 50.8 Å². The second kappa shape index (κ2) is 15.3. The summed E-state index contributed by atoms with van der Waals surface area (Å²) >= 11 is 7.89. The van der Waals surface area contributed by atoms with Crippen LogP contribution in [0.3, 0.4) is 0 Å². The molecule has 0 aliphatic heterocycles. The lowest BCUT2D eigenvalue weighted by Gasteiger charge is -2.21. The van der Waals surface area contributed by atoms with Crippen LogP contribution in [0.5, 0.6) is 11.5 Å². The summed E-state index contributed by atoms with van der Waals surface area (Å²) in [7, 11) is 3.17. The second-order valence-corrected chi connectivity index (χ2v) is 13.3. The highest BCUT2D eigenvalue weighted by atomic mass is 35.5. The van der Waals surface area contributed by atoms with Crippen LogP contribution in [-0.2, 0) is 22.4 Å². The van der Waals surface area contributed by atoms with Crippen LogP contribution in [0.2, 0.25) is 5.02 Å². The van der Waals surface area contributed by atoms with E-state index in [2.05, 4.69) is 16.4 Å². The molecule has 1 amide bonds. The predicted octanol–water partition coefficient (Wildman–Crippen LogP) is 6.91. The number of benzene rings is 2. The smallest absolute Gasteiger partial charge is 0.304 e. The molecule has 0 bridgehead atoms. The van der Waals surface area contributed by atoms with E-state index in [0.29, 0.717) is 38.8 Å². The number of thiazole rings is 1. The average Bonchev–Trinajstić information content (AvgIpc) is 3.57. The lowest BCUT2D eigenvalue weighted by molar-refractivity contribution is -0.145. The number of hydrogen-bond donors (Lipinski definition) is 3. The van der Waals surface area contributed by atoms with Gasteiger partial charge < -0.3 is 24.7 Å². The highest BCUT2D eigenvalue weighted by Gasteiger charge is 2.25. The van der Waals surface area contributed by atoms with Gasteiger partial charge in [-0.1, -0.05) is 55.3 Å². The Balaban J connectivity index is 0.00000480. The highest BCUT2D eigenvalue weighted by Crippen LogP contribution is 2.43. The van der Waals surface area contributed by atoms with Crippen molar-refractivity contribution in [3.05, 3.63) is 56.5 Å². The number of rotatable bonds is 11. The number of halogens is 1. The minimum absolute atomic E-state index is 0. The zero-order valence-corrected chi connectivity index (χ0v) is 28.5. The van der Waals surface area contributed by atoms with Crippen molar-refractivity contribution in [1.82, 2.24) is 9.97 Å². The number of aryl methyl sites for hydroxylation is 3. The Morgan fingerprint density at radius 2 is 1.83 bits per heavy atom. The normalized spacial score (nSPS) is 14.1. The number of amides is 1. The van der Waals surface area contributed by atoms with Gasteiger partial charge in [-0.05, 0) is 55.9 Å². The summed E-state index contributed by atoms with van der Waals surface area (Å²) in [5.41, 5.74) is 11.6. The molecule has 4 aromatic rings. The third kappa shape index (κ3) is 7.83. The number of nitrogens with zero attached hydrogens (tertiary/aromatic N) is 1. The first-order valence-electron chi connectivity index (χ1n) is 15.4. The maximum Gasteiger partial charge on any atom is 0.304 e. The summed E-state index contributed by atoms with van der Waals surface area (Å²) in [6, 6.07) is 7.63. The fourth-order valence-corrected chi connectivity index (χ4v) is 7.59. The van der Waals surface area contributed by atoms with Gasteiger partial charge in [-0.25, -0.2) is 4.98 Å². The SMILES string of the molecule is COc1cc(-c2nc(NC(=O)c3[nH]c4c(C)cc(C)cc4c3CC(N)OC(C)=O)sc2CCC2CCCCC2)c(OC)cc1Cl.O. The summed E-state index contributed by atoms with van der Waals surface area (Å²) in [4.78, 5) is 34.9. The molecule has 12 heteroatoms. The Kier molecular flexibility index (Phi) is 11.7. The third-order valence-electron chi connectivity index (χ3n) is 8.46. The van der Waals surface area contributed by atoms with Gasteiger partial charge in [0, 0.05) is 40.8 Å². The number of carbonyl (C=O) groups is 2. The number of aromatic amines is 1. The van der Waals surface area contributed by atoms with E-state index in [0.717, 1.165) is 51.0 Å². The van der Waals surface area contributed by atoms with Crippen molar-refractivity contribution < 1.29 is 29.3 Å². The molecule has 1 unspecified atom stereocenters. The van der Waals surface area contributed by atoms with Crippen LogP contribution in [0.1, 0.15) is 77.5 Å². The fourth-order valence-electron chi connectivity index (χ4n) is 6.37. The molecule has 6 N–H and O–H groups in total. The molecule has 1 saturated carbocycles. The van der Waals surface area contributed by atoms with E-state index in [-0.39, 0.29) is 17.8 Å². The van der Waals surface area contributed by atoms with Crippen LogP contribution in [0, 0.1) is 19.8 Å². The molecule has 46 heavy (non-hydrogen) atoms. The molecule has 5 rings (SSSR count). The average molecular weight is 671 g/mol. The van der Waals surface area contributed by atoms with Gasteiger partial charge in [0.25, 0.3) is 5.91 Å². The standard InChI is InChI=1S/C34H41ClN4O5S.H2O/c1-18-13-19(2)30-22(14-18)23(16-29(36)44-20(3)40)32(37-30)33(41)39-34-38-31(24-15-27(43-5)25(35)17-26(24)42-4)28(45-34)12-11-21-9-7-6-8-10-21;/h13-15,17,21,29,37H,6-12,16,36H2,1-5H3,(H,38,39,41);1H2. The Labute approximate surface area is 278 Å². The maximum atomic E-state index is 13.9. The lowest BCUT2D eigenvalue weighted by atomic mass is 9.86. The second-order valence-electron chi connectivity index (χ2n) is 11.8. The largest absolute Gasteiger partial charge is 0.496 e. The summed E-state index contributed by atoms with van der Waals surface area (Å²) in [5.74, 6) is 0.933. The fraction of sp³-hybridized carbons (Fsp3) is 0.441. The first-order valence-corrected chi connectivity index (χ1v) is 16.5. The highest BCUT2D eigenvalue weighted by molar-refractivity contribution is 7.16. The number of fused-ring (bicyclic) bond motifs is 1. The molecule has 2 aromatic heterocycles. The molecule has 1 aliphatic carbocycles.